The summed E-state index contributed by atoms with van der Waals surface area (Å²) in [6, 6.07) is 5.23. The van der Waals surface area contributed by atoms with Crippen LogP contribution in [0.2, 0.25) is 0 Å². The minimum atomic E-state index is -0.158. The van der Waals surface area contributed by atoms with Gasteiger partial charge in [0.15, 0.2) is 5.58 Å². The van der Waals surface area contributed by atoms with Crippen molar-refractivity contribution in [2.45, 2.75) is 19.5 Å². The molecule has 0 saturated carbocycles. The lowest BCUT2D eigenvalue weighted by Gasteiger charge is -2.31. The van der Waals surface area contributed by atoms with Crippen LogP contribution in [-0.2, 0) is 11.3 Å². The van der Waals surface area contributed by atoms with Gasteiger partial charge in [0.05, 0.1) is 12.6 Å². The summed E-state index contributed by atoms with van der Waals surface area (Å²) in [5, 5.41) is 2.83. The number of carbonyl (C=O) groups excluding carboxylic acids is 1. The Morgan fingerprint density at radius 3 is 3.26 bits per heavy atom. The van der Waals surface area contributed by atoms with Crippen LogP contribution in [0.4, 0.5) is 5.69 Å². The molecule has 0 radical (unpaired) electrons. The first-order valence-corrected chi connectivity index (χ1v) is 6.30. The number of fused-ring (bicyclic) bond motifs is 1. The topological polar surface area (TPSA) is 84.4 Å². The molecule has 6 heteroatoms. The number of hydrogen-bond acceptors (Lipinski definition) is 5. The number of aromatic nitrogens is 1. The predicted molar refractivity (Wildman–Crippen MR) is 71.3 cm³/mol. The van der Waals surface area contributed by atoms with E-state index in [1.807, 2.05) is 17.9 Å². The molecule has 1 fully saturated rings. The van der Waals surface area contributed by atoms with Gasteiger partial charge in [0.2, 0.25) is 11.8 Å². The Morgan fingerprint density at radius 2 is 2.42 bits per heavy atom. The number of benzene rings is 1. The third-order valence-corrected chi connectivity index (χ3v) is 3.42. The first-order valence-electron chi connectivity index (χ1n) is 6.30. The summed E-state index contributed by atoms with van der Waals surface area (Å²) >= 11 is 0. The van der Waals surface area contributed by atoms with E-state index in [2.05, 4.69) is 10.3 Å². The van der Waals surface area contributed by atoms with Crippen molar-refractivity contribution >= 4 is 22.7 Å². The molecule has 1 saturated heterocycles. The Morgan fingerprint density at radius 1 is 1.58 bits per heavy atom. The van der Waals surface area contributed by atoms with Gasteiger partial charge in [-0.15, -0.1) is 0 Å². The number of oxazole rings is 1. The summed E-state index contributed by atoms with van der Waals surface area (Å²) in [7, 11) is 0. The van der Waals surface area contributed by atoms with Gasteiger partial charge in [-0.25, -0.2) is 4.98 Å². The van der Waals surface area contributed by atoms with Crippen LogP contribution >= 0.6 is 0 Å². The molecule has 0 spiro atoms. The first-order chi connectivity index (χ1) is 9.13. The van der Waals surface area contributed by atoms with Gasteiger partial charge in [-0.1, -0.05) is 0 Å². The number of hydrogen-bond donors (Lipinski definition) is 2. The highest BCUT2D eigenvalue weighted by atomic mass is 16.3. The van der Waals surface area contributed by atoms with Crippen LogP contribution in [0, 0.1) is 0 Å². The zero-order chi connectivity index (χ0) is 13.4. The summed E-state index contributed by atoms with van der Waals surface area (Å²) in [5.74, 6) is 0.661. The number of nitrogens with zero attached hydrogens (tertiary/aromatic N) is 2. The minimum absolute atomic E-state index is 0.0478. The van der Waals surface area contributed by atoms with Crippen molar-refractivity contribution in [2.75, 3.05) is 18.8 Å². The van der Waals surface area contributed by atoms with Crippen molar-refractivity contribution in [1.82, 2.24) is 15.2 Å². The van der Waals surface area contributed by atoms with Gasteiger partial charge in [-0.3, -0.25) is 9.69 Å². The van der Waals surface area contributed by atoms with Gasteiger partial charge in [0.25, 0.3) is 0 Å². The lowest BCUT2D eigenvalue weighted by molar-refractivity contribution is -0.128. The van der Waals surface area contributed by atoms with Crippen molar-refractivity contribution in [2.24, 2.45) is 0 Å². The zero-order valence-electron chi connectivity index (χ0n) is 10.7. The average Bonchev–Trinajstić information content (AvgIpc) is 2.76. The molecule has 1 aliphatic heterocycles. The number of nitrogens with two attached hydrogens (primary N) is 1. The standard InChI is InChI=1S/C13H16N4O2/c1-8-13(18)15-4-5-17(8)7-12-16-10-6-9(14)2-3-11(10)19-12/h2-3,6,8H,4-5,7,14H2,1H3,(H,15,18). The van der Waals surface area contributed by atoms with E-state index in [4.69, 9.17) is 10.2 Å². The summed E-state index contributed by atoms with van der Waals surface area (Å²) in [4.78, 5) is 18.0. The highest BCUT2D eigenvalue weighted by Gasteiger charge is 2.26. The summed E-state index contributed by atoms with van der Waals surface area (Å²) in [6.45, 7) is 3.88. The molecule has 1 aromatic heterocycles. The smallest absolute Gasteiger partial charge is 0.237 e. The van der Waals surface area contributed by atoms with Gasteiger partial charge in [0.1, 0.15) is 5.52 Å². The van der Waals surface area contributed by atoms with Crippen LogP contribution in [0.1, 0.15) is 12.8 Å². The van der Waals surface area contributed by atoms with E-state index in [1.54, 1.807) is 12.1 Å². The molecule has 100 valence electrons. The Labute approximate surface area is 110 Å². The van der Waals surface area contributed by atoms with E-state index in [1.165, 1.54) is 0 Å². The Balaban J connectivity index is 1.83. The molecule has 1 aromatic carbocycles. The molecule has 1 aliphatic rings. The van der Waals surface area contributed by atoms with Crippen LogP contribution < -0.4 is 11.1 Å². The fraction of sp³-hybridized carbons (Fsp3) is 0.385. The summed E-state index contributed by atoms with van der Waals surface area (Å²) < 4.78 is 5.67. The van der Waals surface area contributed by atoms with Crippen molar-refractivity contribution < 1.29 is 9.21 Å². The zero-order valence-corrected chi connectivity index (χ0v) is 10.7. The van der Waals surface area contributed by atoms with Crippen molar-refractivity contribution in [3.8, 4) is 0 Å². The normalized spacial score (nSPS) is 20.7. The van der Waals surface area contributed by atoms with Gasteiger partial charge in [-0.05, 0) is 25.1 Å². The Kier molecular flexibility index (Phi) is 2.87. The Bertz CT molecular complexity index is 622. The number of amides is 1. The van der Waals surface area contributed by atoms with Crippen LogP contribution in [-0.4, -0.2) is 34.9 Å². The molecule has 1 unspecified atom stereocenters. The molecule has 3 rings (SSSR count). The molecule has 19 heavy (non-hydrogen) atoms. The molecule has 2 aromatic rings. The molecular weight excluding hydrogens is 244 g/mol. The quantitative estimate of drug-likeness (QED) is 0.778. The highest BCUT2D eigenvalue weighted by molar-refractivity contribution is 5.82. The maximum Gasteiger partial charge on any atom is 0.237 e. The highest BCUT2D eigenvalue weighted by Crippen LogP contribution is 2.20. The number of carbonyl (C=O) groups is 1. The second-order valence-corrected chi connectivity index (χ2v) is 4.77. The van der Waals surface area contributed by atoms with Gasteiger partial charge in [0, 0.05) is 18.8 Å². The van der Waals surface area contributed by atoms with Crippen LogP contribution in [0.5, 0.6) is 0 Å². The molecule has 1 atom stereocenters. The van der Waals surface area contributed by atoms with E-state index in [0.717, 1.165) is 17.6 Å². The van der Waals surface area contributed by atoms with Gasteiger partial charge in [-0.2, -0.15) is 0 Å². The lowest BCUT2D eigenvalue weighted by Crippen LogP contribution is -2.53. The number of anilines is 1. The second kappa shape index (κ2) is 4.55. The predicted octanol–water partition coefficient (Wildman–Crippen LogP) is 0.730. The molecule has 0 aliphatic carbocycles. The fourth-order valence-electron chi connectivity index (χ4n) is 2.28. The van der Waals surface area contributed by atoms with E-state index in [0.29, 0.717) is 24.7 Å². The molecular formula is C13H16N4O2. The van der Waals surface area contributed by atoms with Gasteiger partial charge < -0.3 is 15.5 Å². The third-order valence-electron chi connectivity index (χ3n) is 3.42. The summed E-state index contributed by atoms with van der Waals surface area (Å²) in [5.41, 5.74) is 7.85. The number of nitrogens with one attached hydrogen (secondary N) is 1. The van der Waals surface area contributed by atoms with E-state index < -0.39 is 0 Å². The largest absolute Gasteiger partial charge is 0.439 e. The minimum Gasteiger partial charge on any atom is -0.439 e. The van der Waals surface area contributed by atoms with E-state index in [9.17, 15) is 4.79 Å². The molecule has 3 N–H and O–H groups in total. The maximum absolute atomic E-state index is 11.6. The average molecular weight is 260 g/mol. The van der Waals surface area contributed by atoms with Gasteiger partial charge >= 0.3 is 0 Å². The molecule has 6 nitrogen and oxygen atoms in total. The first kappa shape index (κ1) is 12.0. The van der Waals surface area contributed by atoms with Crippen LogP contribution in [0.25, 0.3) is 11.1 Å². The molecule has 0 bridgehead atoms. The number of nitrogen functional groups attached to an aromatic ring is 1. The summed E-state index contributed by atoms with van der Waals surface area (Å²) in [6.07, 6.45) is 0. The van der Waals surface area contributed by atoms with Crippen molar-refractivity contribution in [3.63, 3.8) is 0 Å². The van der Waals surface area contributed by atoms with E-state index >= 15 is 0 Å². The second-order valence-electron chi connectivity index (χ2n) is 4.77. The van der Waals surface area contributed by atoms with Crippen molar-refractivity contribution in [1.29, 1.82) is 0 Å². The van der Waals surface area contributed by atoms with Crippen molar-refractivity contribution in [3.05, 3.63) is 24.1 Å². The maximum atomic E-state index is 11.6. The third kappa shape index (κ3) is 2.26. The Hall–Kier alpha value is -2.08. The molecule has 1 amide bonds. The fourth-order valence-corrected chi connectivity index (χ4v) is 2.28. The van der Waals surface area contributed by atoms with Crippen LogP contribution in [0.3, 0.4) is 0 Å². The van der Waals surface area contributed by atoms with Crippen LogP contribution in [0.15, 0.2) is 22.6 Å². The lowest BCUT2D eigenvalue weighted by atomic mass is 10.2. The molecule has 2 heterocycles. The number of piperazine rings is 1. The monoisotopic (exact) mass is 260 g/mol. The van der Waals surface area contributed by atoms with E-state index in [-0.39, 0.29) is 11.9 Å². The SMILES string of the molecule is CC1C(=O)NCCN1Cc1nc2cc(N)ccc2o1. The number of rotatable bonds is 2.